The van der Waals surface area contributed by atoms with Gasteiger partial charge in [-0.05, 0) is 62.0 Å². The number of nitrogens with zero attached hydrogens (tertiary/aromatic N) is 3. The topological polar surface area (TPSA) is 43.9 Å². The fraction of sp³-hybridized carbons (Fsp3) is 0.391. The maximum absolute atomic E-state index is 13.4. The average Bonchev–Trinajstić information content (AvgIpc) is 3.17. The zero-order valence-corrected chi connectivity index (χ0v) is 18.7. The van der Waals surface area contributed by atoms with Gasteiger partial charge in [0.25, 0.3) is 5.91 Å². The van der Waals surface area contributed by atoms with Crippen LogP contribution in [0.1, 0.15) is 37.0 Å². The first kappa shape index (κ1) is 21.5. The molecule has 2 aromatic carbocycles. The van der Waals surface area contributed by atoms with Crippen LogP contribution in [-0.2, 0) is 4.79 Å². The molecule has 3 rings (SSSR count). The van der Waals surface area contributed by atoms with Crippen LogP contribution in [0.3, 0.4) is 0 Å². The highest BCUT2D eigenvalue weighted by Gasteiger charge is 2.23. The molecule has 5 nitrogen and oxygen atoms in total. The van der Waals surface area contributed by atoms with Crippen molar-refractivity contribution in [3.63, 3.8) is 0 Å². The van der Waals surface area contributed by atoms with E-state index in [1.54, 1.807) is 4.90 Å². The second-order valence-corrected chi connectivity index (χ2v) is 8.08. The van der Waals surface area contributed by atoms with E-state index in [0.29, 0.717) is 18.5 Å². The monoisotopic (exact) mass is 457 g/mol. The predicted molar refractivity (Wildman–Crippen MR) is 122 cm³/mol. The first-order chi connectivity index (χ1) is 14.0. The Morgan fingerprint density at radius 1 is 1.07 bits per heavy atom. The summed E-state index contributed by atoms with van der Waals surface area (Å²) in [6.45, 7) is 8.35. The highest BCUT2D eigenvalue weighted by Crippen LogP contribution is 2.25. The van der Waals surface area contributed by atoms with Gasteiger partial charge in [-0.3, -0.25) is 9.59 Å². The number of anilines is 2. The third kappa shape index (κ3) is 5.25. The van der Waals surface area contributed by atoms with E-state index in [0.717, 1.165) is 48.4 Å². The summed E-state index contributed by atoms with van der Waals surface area (Å²) in [5, 5.41) is 0. The standard InChI is InChI=1S/C23H28BrN3O2/c1-3-25(4-2)15-16-27(21-8-5-7-19(24)17-21)23(29)18-10-12-20(13-11-18)26-14-6-9-22(26)28/h5,7-8,10-13,17H,3-4,6,9,14-16H2,1-2H3. The molecule has 1 aliphatic rings. The molecule has 2 amide bonds. The van der Waals surface area contributed by atoms with Crippen LogP contribution in [0.15, 0.2) is 53.0 Å². The Labute approximate surface area is 181 Å². The Kier molecular flexibility index (Phi) is 7.45. The molecule has 1 heterocycles. The molecule has 154 valence electrons. The lowest BCUT2D eigenvalue weighted by atomic mass is 10.1. The van der Waals surface area contributed by atoms with Gasteiger partial charge in [-0.25, -0.2) is 0 Å². The number of carbonyl (C=O) groups is 2. The molecule has 0 aromatic heterocycles. The van der Waals surface area contributed by atoms with Crippen molar-refractivity contribution in [2.45, 2.75) is 26.7 Å². The van der Waals surface area contributed by atoms with Crippen molar-refractivity contribution in [2.75, 3.05) is 42.5 Å². The first-order valence-electron chi connectivity index (χ1n) is 10.2. The lowest BCUT2D eigenvalue weighted by Gasteiger charge is -2.27. The van der Waals surface area contributed by atoms with Gasteiger partial charge < -0.3 is 14.7 Å². The van der Waals surface area contributed by atoms with Crippen LogP contribution in [0.4, 0.5) is 11.4 Å². The van der Waals surface area contributed by atoms with Crippen molar-refractivity contribution in [1.29, 1.82) is 0 Å². The molecule has 0 spiro atoms. The number of benzene rings is 2. The molecular formula is C23H28BrN3O2. The maximum Gasteiger partial charge on any atom is 0.258 e. The molecule has 2 aromatic rings. The Balaban J connectivity index is 1.82. The SMILES string of the molecule is CCN(CC)CCN(C(=O)c1ccc(N2CCCC2=O)cc1)c1cccc(Br)c1. The summed E-state index contributed by atoms with van der Waals surface area (Å²) in [4.78, 5) is 31.3. The van der Waals surface area contributed by atoms with Crippen molar-refractivity contribution in [1.82, 2.24) is 4.90 Å². The van der Waals surface area contributed by atoms with Crippen molar-refractivity contribution in [2.24, 2.45) is 0 Å². The Hall–Kier alpha value is -2.18. The van der Waals surface area contributed by atoms with Crippen LogP contribution in [-0.4, -0.2) is 49.4 Å². The Morgan fingerprint density at radius 2 is 1.79 bits per heavy atom. The van der Waals surface area contributed by atoms with E-state index in [9.17, 15) is 9.59 Å². The Morgan fingerprint density at radius 3 is 2.38 bits per heavy atom. The van der Waals surface area contributed by atoms with Gasteiger partial charge in [0.05, 0.1) is 0 Å². The molecule has 6 heteroatoms. The summed E-state index contributed by atoms with van der Waals surface area (Å²) in [5.41, 5.74) is 2.36. The molecule has 0 bridgehead atoms. The Bertz CT molecular complexity index is 849. The van der Waals surface area contributed by atoms with E-state index in [1.165, 1.54) is 0 Å². The smallest absolute Gasteiger partial charge is 0.258 e. The van der Waals surface area contributed by atoms with Crippen molar-refractivity contribution < 1.29 is 9.59 Å². The molecule has 29 heavy (non-hydrogen) atoms. The van der Waals surface area contributed by atoms with Crippen molar-refractivity contribution in [3.05, 3.63) is 58.6 Å². The van der Waals surface area contributed by atoms with Crippen LogP contribution in [0.2, 0.25) is 0 Å². The van der Waals surface area contributed by atoms with Gasteiger partial charge in [0.2, 0.25) is 5.91 Å². The van der Waals surface area contributed by atoms with E-state index in [-0.39, 0.29) is 11.8 Å². The second kappa shape index (κ2) is 10.0. The van der Waals surface area contributed by atoms with Gasteiger partial charge in [-0.1, -0.05) is 35.8 Å². The van der Waals surface area contributed by atoms with Gasteiger partial charge in [0, 0.05) is 47.5 Å². The lowest BCUT2D eigenvalue weighted by molar-refractivity contribution is -0.117. The van der Waals surface area contributed by atoms with Crippen LogP contribution in [0, 0.1) is 0 Å². The molecule has 0 radical (unpaired) electrons. The largest absolute Gasteiger partial charge is 0.312 e. The maximum atomic E-state index is 13.4. The van der Waals surface area contributed by atoms with Crippen molar-refractivity contribution >= 4 is 39.1 Å². The molecular weight excluding hydrogens is 430 g/mol. The number of carbonyl (C=O) groups excluding carboxylic acids is 2. The number of amides is 2. The number of halogens is 1. The molecule has 0 aliphatic carbocycles. The summed E-state index contributed by atoms with van der Waals surface area (Å²) in [6, 6.07) is 15.2. The van der Waals surface area contributed by atoms with Crippen LogP contribution < -0.4 is 9.80 Å². The van der Waals surface area contributed by atoms with Gasteiger partial charge in [-0.15, -0.1) is 0 Å². The summed E-state index contributed by atoms with van der Waals surface area (Å²) < 4.78 is 0.943. The molecule has 1 fully saturated rings. The fourth-order valence-corrected chi connectivity index (χ4v) is 4.02. The van der Waals surface area contributed by atoms with Crippen molar-refractivity contribution in [3.8, 4) is 0 Å². The molecule has 0 saturated carbocycles. The fourth-order valence-electron chi connectivity index (χ4n) is 3.63. The highest BCUT2D eigenvalue weighted by molar-refractivity contribution is 9.10. The summed E-state index contributed by atoms with van der Waals surface area (Å²) in [5.74, 6) is 0.119. The zero-order chi connectivity index (χ0) is 20.8. The highest BCUT2D eigenvalue weighted by atomic mass is 79.9. The van der Waals surface area contributed by atoms with E-state index in [1.807, 2.05) is 53.4 Å². The quantitative estimate of drug-likeness (QED) is 0.583. The van der Waals surface area contributed by atoms with E-state index in [4.69, 9.17) is 0 Å². The molecule has 0 unspecified atom stereocenters. The molecule has 0 N–H and O–H groups in total. The van der Waals surface area contributed by atoms with Crippen LogP contribution in [0.25, 0.3) is 0 Å². The van der Waals surface area contributed by atoms with E-state index in [2.05, 4.69) is 34.7 Å². The molecule has 0 atom stereocenters. The number of rotatable bonds is 8. The minimum absolute atomic E-state index is 0.0328. The average molecular weight is 458 g/mol. The summed E-state index contributed by atoms with van der Waals surface area (Å²) in [7, 11) is 0. The second-order valence-electron chi connectivity index (χ2n) is 7.16. The normalized spacial score (nSPS) is 13.9. The van der Waals surface area contributed by atoms with Gasteiger partial charge in [0.15, 0.2) is 0 Å². The third-order valence-corrected chi connectivity index (χ3v) is 5.89. The predicted octanol–water partition coefficient (Wildman–Crippen LogP) is 4.56. The van der Waals surface area contributed by atoms with Crippen LogP contribution >= 0.6 is 15.9 Å². The van der Waals surface area contributed by atoms with Crippen LogP contribution in [0.5, 0.6) is 0 Å². The first-order valence-corrected chi connectivity index (χ1v) is 11.0. The number of likely N-dealkylation sites (N-methyl/N-ethyl adjacent to an activating group) is 1. The van der Waals surface area contributed by atoms with Gasteiger partial charge in [0.1, 0.15) is 0 Å². The summed E-state index contributed by atoms with van der Waals surface area (Å²) in [6.07, 6.45) is 1.49. The summed E-state index contributed by atoms with van der Waals surface area (Å²) >= 11 is 3.51. The third-order valence-electron chi connectivity index (χ3n) is 5.40. The number of hydrogen-bond acceptors (Lipinski definition) is 3. The minimum Gasteiger partial charge on any atom is -0.312 e. The van der Waals surface area contributed by atoms with E-state index >= 15 is 0 Å². The van der Waals surface area contributed by atoms with E-state index < -0.39 is 0 Å². The zero-order valence-electron chi connectivity index (χ0n) is 17.1. The minimum atomic E-state index is -0.0328. The van der Waals surface area contributed by atoms with Gasteiger partial charge in [-0.2, -0.15) is 0 Å². The van der Waals surface area contributed by atoms with Gasteiger partial charge >= 0.3 is 0 Å². The molecule has 1 saturated heterocycles. The lowest BCUT2D eigenvalue weighted by Crippen LogP contribution is -2.39. The number of hydrogen-bond donors (Lipinski definition) is 0. The molecule has 1 aliphatic heterocycles.